The van der Waals surface area contributed by atoms with Crippen LogP contribution in [-0.4, -0.2) is 62.1 Å². The summed E-state index contributed by atoms with van der Waals surface area (Å²) in [5, 5.41) is 0. The first-order valence-electron chi connectivity index (χ1n) is 7.12. The second-order valence-corrected chi connectivity index (χ2v) is 7.30. The summed E-state index contributed by atoms with van der Waals surface area (Å²) in [5.74, 6) is 0.844. The Morgan fingerprint density at radius 2 is 1.74 bits per heavy atom. The van der Waals surface area contributed by atoms with Gasteiger partial charge < -0.3 is 10.6 Å². The molecule has 0 aromatic heterocycles. The number of likely N-dealkylation sites (tertiary alicyclic amines) is 1. The second kappa shape index (κ2) is 6.56. The number of nitrogens with zero attached hydrogens (tertiary/aromatic N) is 3. The normalized spacial score (nSPS) is 25.5. The molecule has 0 bridgehead atoms. The molecule has 19 heavy (non-hydrogen) atoms. The minimum atomic E-state index is -3.01. The van der Waals surface area contributed by atoms with Crippen LogP contribution in [0.5, 0.6) is 0 Å². The van der Waals surface area contributed by atoms with Gasteiger partial charge in [-0.25, -0.2) is 12.7 Å². The summed E-state index contributed by atoms with van der Waals surface area (Å²) in [6.45, 7) is 3.48. The van der Waals surface area contributed by atoms with Crippen molar-refractivity contribution >= 4 is 16.0 Å². The van der Waals surface area contributed by atoms with Gasteiger partial charge in [0.1, 0.15) is 0 Å². The van der Waals surface area contributed by atoms with E-state index in [1.165, 1.54) is 17.1 Å². The molecule has 0 radical (unpaired) electrons. The van der Waals surface area contributed by atoms with E-state index in [0.717, 1.165) is 32.4 Å². The lowest BCUT2D eigenvalue weighted by Crippen LogP contribution is -2.38. The average molecular weight is 288 g/mol. The predicted octanol–water partition coefficient (Wildman–Crippen LogP) is 0.213. The van der Waals surface area contributed by atoms with Gasteiger partial charge in [-0.3, -0.25) is 4.99 Å². The molecule has 6 nitrogen and oxygen atoms in total. The Balaban J connectivity index is 1.81. The minimum Gasteiger partial charge on any atom is -0.370 e. The molecule has 0 atom stereocenters. The summed E-state index contributed by atoms with van der Waals surface area (Å²) in [6.07, 6.45) is 5.58. The van der Waals surface area contributed by atoms with Gasteiger partial charge in [0.2, 0.25) is 10.0 Å². The first-order valence-corrected chi connectivity index (χ1v) is 8.73. The van der Waals surface area contributed by atoms with Gasteiger partial charge in [-0.05, 0) is 19.3 Å². The fourth-order valence-electron chi connectivity index (χ4n) is 2.62. The molecule has 2 aliphatic rings. The zero-order chi connectivity index (χ0) is 13.7. The van der Waals surface area contributed by atoms with Gasteiger partial charge in [-0.2, -0.15) is 0 Å². The van der Waals surface area contributed by atoms with E-state index >= 15 is 0 Å². The number of hydrogen-bond donors (Lipinski definition) is 1. The van der Waals surface area contributed by atoms with Crippen LogP contribution in [0.2, 0.25) is 0 Å². The van der Waals surface area contributed by atoms with Crippen LogP contribution in [0.15, 0.2) is 4.99 Å². The Morgan fingerprint density at radius 3 is 2.32 bits per heavy atom. The Morgan fingerprint density at radius 1 is 1.05 bits per heavy atom. The highest BCUT2D eigenvalue weighted by Crippen LogP contribution is 2.12. The van der Waals surface area contributed by atoms with Crippen LogP contribution >= 0.6 is 0 Å². The largest absolute Gasteiger partial charge is 0.370 e. The maximum absolute atomic E-state index is 11.6. The number of rotatable bonds is 3. The van der Waals surface area contributed by atoms with Gasteiger partial charge >= 0.3 is 0 Å². The summed E-state index contributed by atoms with van der Waals surface area (Å²) >= 11 is 0. The van der Waals surface area contributed by atoms with E-state index in [1.807, 2.05) is 0 Å². The molecule has 2 aliphatic heterocycles. The Hall–Kier alpha value is -0.820. The first-order chi connectivity index (χ1) is 9.09. The van der Waals surface area contributed by atoms with Crippen LogP contribution in [-0.2, 0) is 10.0 Å². The van der Waals surface area contributed by atoms with E-state index < -0.39 is 10.0 Å². The molecular weight excluding hydrogens is 264 g/mol. The third-order valence-electron chi connectivity index (χ3n) is 3.76. The highest BCUT2D eigenvalue weighted by atomic mass is 32.2. The van der Waals surface area contributed by atoms with Crippen LogP contribution in [0.4, 0.5) is 0 Å². The fourth-order valence-corrected chi connectivity index (χ4v) is 4.14. The monoisotopic (exact) mass is 288 g/mol. The third-order valence-corrected chi connectivity index (χ3v) is 5.71. The van der Waals surface area contributed by atoms with E-state index in [4.69, 9.17) is 5.73 Å². The van der Waals surface area contributed by atoms with Gasteiger partial charge in [-0.1, -0.05) is 12.8 Å². The van der Waals surface area contributed by atoms with Crippen molar-refractivity contribution in [1.29, 1.82) is 0 Å². The molecule has 2 fully saturated rings. The van der Waals surface area contributed by atoms with Crippen LogP contribution in [0, 0.1) is 0 Å². The molecule has 7 heteroatoms. The lowest BCUT2D eigenvalue weighted by molar-refractivity contribution is 0.423. The van der Waals surface area contributed by atoms with Crippen molar-refractivity contribution in [2.45, 2.75) is 32.1 Å². The summed E-state index contributed by atoms with van der Waals surface area (Å²) < 4.78 is 24.8. The van der Waals surface area contributed by atoms with Crippen molar-refractivity contribution in [3.05, 3.63) is 0 Å². The molecule has 0 aromatic rings. The fraction of sp³-hybridized carbons (Fsp3) is 0.917. The average Bonchev–Trinajstić information content (AvgIpc) is 2.59. The zero-order valence-corrected chi connectivity index (χ0v) is 12.2. The van der Waals surface area contributed by atoms with Crippen molar-refractivity contribution in [3.8, 4) is 0 Å². The quantitative estimate of drug-likeness (QED) is 0.595. The van der Waals surface area contributed by atoms with Gasteiger partial charge in [0.15, 0.2) is 5.96 Å². The molecule has 110 valence electrons. The predicted molar refractivity (Wildman–Crippen MR) is 76.5 cm³/mol. The number of guanidine groups is 1. The standard InChI is InChI=1S/C12H24N4O2S/c13-12(15-7-3-1-2-4-8-15)14-6-10-16-9-5-11-19(16,17)18/h1-11H2,(H2,13,14). The molecule has 0 unspecified atom stereocenters. The molecule has 2 N–H and O–H groups in total. The van der Waals surface area contributed by atoms with Crippen LogP contribution in [0.1, 0.15) is 32.1 Å². The zero-order valence-electron chi connectivity index (χ0n) is 11.4. The Kier molecular flexibility index (Phi) is 5.04. The maximum atomic E-state index is 11.6. The topological polar surface area (TPSA) is 79.0 Å². The van der Waals surface area contributed by atoms with Crippen molar-refractivity contribution < 1.29 is 8.42 Å². The first kappa shape index (κ1) is 14.6. The third kappa shape index (κ3) is 4.07. The Bertz CT molecular complexity index is 413. The van der Waals surface area contributed by atoms with Crippen LogP contribution in [0.25, 0.3) is 0 Å². The SMILES string of the molecule is NC(=NCCN1CCCS1(=O)=O)N1CCCCCC1. The van der Waals surface area contributed by atoms with Crippen molar-refractivity contribution in [3.63, 3.8) is 0 Å². The van der Waals surface area contributed by atoms with Crippen LogP contribution < -0.4 is 5.73 Å². The van der Waals surface area contributed by atoms with Crippen molar-refractivity contribution in [1.82, 2.24) is 9.21 Å². The number of aliphatic imine (C=N–C) groups is 1. The molecule has 0 amide bonds. The van der Waals surface area contributed by atoms with E-state index in [-0.39, 0.29) is 5.75 Å². The molecule has 0 aromatic carbocycles. The highest BCUT2D eigenvalue weighted by molar-refractivity contribution is 7.89. The lowest BCUT2D eigenvalue weighted by Gasteiger charge is -2.21. The highest BCUT2D eigenvalue weighted by Gasteiger charge is 2.27. The lowest BCUT2D eigenvalue weighted by atomic mass is 10.2. The summed E-state index contributed by atoms with van der Waals surface area (Å²) in [6, 6.07) is 0. The summed E-state index contributed by atoms with van der Waals surface area (Å²) in [7, 11) is -3.01. The summed E-state index contributed by atoms with van der Waals surface area (Å²) in [5.41, 5.74) is 5.98. The van der Waals surface area contributed by atoms with E-state index in [0.29, 0.717) is 25.6 Å². The number of sulfonamides is 1. The van der Waals surface area contributed by atoms with Crippen molar-refractivity contribution in [2.24, 2.45) is 10.7 Å². The molecule has 0 spiro atoms. The van der Waals surface area contributed by atoms with Gasteiger partial charge in [-0.15, -0.1) is 0 Å². The van der Waals surface area contributed by atoms with Gasteiger partial charge in [0.05, 0.1) is 12.3 Å². The molecular formula is C12H24N4O2S. The van der Waals surface area contributed by atoms with Crippen molar-refractivity contribution in [2.75, 3.05) is 38.5 Å². The van der Waals surface area contributed by atoms with E-state index in [9.17, 15) is 8.42 Å². The molecule has 0 saturated carbocycles. The molecule has 2 rings (SSSR count). The molecule has 2 saturated heterocycles. The molecule has 2 heterocycles. The second-order valence-electron chi connectivity index (χ2n) is 5.21. The van der Waals surface area contributed by atoms with E-state index in [1.54, 1.807) is 0 Å². The molecule has 0 aliphatic carbocycles. The smallest absolute Gasteiger partial charge is 0.214 e. The Labute approximate surface area is 115 Å². The minimum absolute atomic E-state index is 0.276. The summed E-state index contributed by atoms with van der Waals surface area (Å²) in [4.78, 5) is 6.45. The van der Waals surface area contributed by atoms with Crippen LogP contribution in [0.3, 0.4) is 0 Å². The van der Waals surface area contributed by atoms with Gasteiger partial charge in [0, 0.05) is 26.2 Å². The maximum Gasteiger partial charge on any atom is 0.214 e. The van der Waals surface area contributed by atoms with Gasteiger partial charge in [0.25, 0.3) is 0 Å². The van der Waals surface area contributed by atoms with E-state index in [2.05, 4.69) is 9.89 Å². The number of hydrogen-bond acceptors (Lipinski definition) is 3. The number of nitrogens with two attached hydrogens (primary N) is 1.